The van der Waals surface area contributed by atoms with Gasteiger partial charge in [0.15, 0.2) is 11.5 Å². The molecule has 7 aliphatic rings. The van der Waals surface area contributed by atoms with Crippen molar-refractivity contribution < 1.29 is 49.6 Å². The Bertz CT molecular complexity index is 2240. The van der Waals surface area contributed by atoms with Crippen LogP contribution in [0.15, 0.2) is 48.8 Å². The number of benzene rings is 2. The van der Waals surface area contributed by atoms with Crippen LogP contribution in [0, 0.1) is 35.0 Å². The summed E-state index contributed by atoms with van der Waals surface area (Å²) in [6, 6.07) is 9.15. The van der Waals surface area contributed by atoms with E-state index in [0.717, 1.165) is 102 Å². The number of hydrogen-bond donors (Lipinski definition) is 8. The summed E-state index contributed by atoms with van der Waals surface area (Å²) < 4.78 is 25.5. The van der Waals surface area contributed by atoms with Crippen molar-refractivity contribution in [2.75, 3.05) is 33.5 Å². The second kappa shape index (κ2) is 20.8. The number of methoxy groups -OCH3 is 1. The Hall–Kier alpha value is -3.62. The highest BCUT2D eigenvalue weighted by Crippen LogP contribution is 2.65. The molecule has 2 bridgehead atoms. The molecule has 5 aliphatic carbocycles. The molecule has 12 nitrogen and oxygen atoms in total. The molecular formula is C57H80N2O10. The third-order valence-electron chi connectivity index (χ3n) is 18.7. The number of aromatic nitrogens is 1. The molecule has 5 fully saturated rings. The third-order valence-corrected chi connectivity index (χ3v) is 18.7. The van der Waals surface area contributed by atoms with Gasteiger partial charge >= 0.3 is 0 Å². The summed E-state index contributed by atoms with van der Waals surface area (Å²) in [5, 5.41) is 73.7. The Balaban J connectivity index is 1.00. The first-order valence-electron chi connectivity index (χ1n) is 26.9. The fourth-order valence-corrected chi connectivity index (χ4v) is 15.5. The van der Waals surface area contributed by atoms with Gasteiger partial charge in [-0.15, -0.1) is 0 Å². The van der Waals surface area contributed by atoms with Gasteiger partial charge in [-0.3, -0.25) is 0 Å². The number of fused-ring (bicyclic) bond motifs is 9. The standard InChI is InChI=1S/C57H80N2O10/c1-3-67-23-6-21-59-39-9-11-40-38(26-39)31-56(17-4-5-18-56)52-45(61)14-20-57(65)19-13-34(30-57)16-24-68-47-12-8-36(27-42(47)51(40)52)37-7-10-41-46(62)29-49(69-48(41)28-37)50-43(25-35-15-22-58-32-35)55(66-2)54(64)53(63)44(50)33-60/h8-9,11-12,15,22,27,32,34,37-41,45-46,48-49,51-52,58-65H,3-7,10,13-14,16-21,23-26,28-31,33H2,1-2H3. The van der Waals surface area contributed by atoms with E-state index in [2.05, 4.69) is 40.7 Å². The summed E-state index contributed by atoms with van der Waals surface area (Å²) in [5.41, 5.74) is 4.00. The molecule has 2 aliphatic heterocycles. The Kier molecular flexibility index (Phi) is 14.8. The van der Waals surface area contributed by atoms with Gasteiger partial charge in [0.05, 0.1) is 50.3 Å². The van der Waals surface area contributed by atoms with E-state index >= 15 is 0 Å². The number of aliphatic hydroxyl groups excluding tert-OH is 3. The number of hydrogen-bond acceptors (Lipinski definition) is 11. The van der Waals surface area contributed by atoms with Crippen molar-refractivity contribution in [3.05, 3.63) is 82.2 Å². The molecule has 1 aromatic heterocycles. The molecule has 12 heteroatoms. The highest BCUT2D eigenvalue weighted by molar-refractivity contribution is 5.64. The van der Waals surface area contributed by atoms with E-state index in [9.17, 15) is 30.6 Å². The first kappa shape index (κ1) is 49.0. The zero-order valence-electron chi connectivity index (χ0n) is 41.1. The predicted octanol–water partition coefficient (Wildman–Crippen LogP) is 8.99. The van der Waals surface area contributed by atoms with E-state index < -0.39 is 42.0 Å². The Morgan fingerprint density at radius 3 is 2.52 bits per heavy atom. The van der Waals surface area contributed by atoms with Crippen molar-refractivity contribution in [2.24, 2.45) is 35.0 Å². The minimum atomic E-state index is -0.730. The predicted molar refractivity (Wildman–Crippen MR) is 264 cm³/mol. The first-order valence-corrected chi connectivity index (χ1v) is 26.9. The lowest BCUT2D eigenvalue weighted by molar-refractivity contribution is -0.154. The van der Waals surface area contributed by atoms with Crippen LogP contribution in [0.4, 0.5) is 0 Å². The molecule has 1 spiro atoms. The SMILES string of the molecule is CCOCCCNC1C=CC2C(C1)CC1(CCCC1)C1C(O)CCC3(O)CCC(CCOc4ccc(C5CCC6C(O)CC(c7c(CO)c(O)c(O)c(OC)c7Cc7cc[nH]c7)OC6C5)cc4C21)C3. The van der Waals surface area contributed by atoms with Gasteiger partial charge in [0.25, 0.3) is 0 Å². The quantitative estimate of drug-likeness (QED) is 0.0492. The van der Waals surface area contributed by atoms with E-state index in [0.29, 0.717) is 61.3 Å². The van der Waals surface area contributed by atoms with Crippen LogP contribution in [0.5, 0.6) is 23.0 Å². The van der Waals surface area contributed by atoms with Crippen molar-refractivity contribution >= 4 is 0 Å². The third kappa shape index (κ3) is 9.74. The lowest BCUT2D eigenvalue weighted by Crippen LogP contribution is -2.52. The van der Waals surface area contributed by atoms with Gasteiger partial charge in [0.2, 0.25) is 5.75 Å². The van der Waals surface area contributed by atoms with Crippen molar-refractivity contribution in [1.29, 1.82) is 0 Å². The van der Waals surface area contributed by atoms with Crippen LogP contribution >= 0.6 is 0 Å². The van der Waals surface area contributed by atoms with Crippen LogP contribution in [0.3, 0.4) is 0 Å². The maximum absolute atomic E-state index is 12.9. The van der Waals surface area contributed by atoms with Crippen LogP contribution < -0.4 is 14.8 Å². The molecule has 3 aromatic rings. The van der Waals surface area contributed by atoms with Crippen LogP contribution in [-0.2, 0) is 22.5 Å². The Morgan fingerprint density at radius 1 is 0.899 bits per heavy atom. The Labute approximate surface area is 409 Å². The topological polar surface area (TPSA) is 186 Å². The first-order chi connectivity index (χ1) is 33.5. The fraction of sp³-hybridized carbons (Fsp3) is 0.684. The van der Waals surface area contributed by atoms with E-state index in [1.165, 1.54) is 31.1 Å². The maximum Gasteiger partial charge on any atom is 0.201 e. The maximum atomic E-state index is 12.9. The summed E-state index contributed by atoms with van der Waals surface area (Å²) in [6.07, 6.45) is 21.9. The fourth-order valence-electron chi connectivity index (χ4n) is 15.5. The molecule has 3 heterocycles. The van der Waals surface area contributed by atoms with Gasteiger partial charge in [-0.2, -0.15) is 0 Å². The summed E-state index contributed by atoms with van der Waals surface area (Å²) in [5.74, 6) is 1.40. The summed E-state index contributed by atoms with van der Waals surface area (Å²) in [4.78, 5) is 3.10. The lowest BCUT2D eigenvalue weighted by Gasteiger charge is -2.56. The number of rotatable bonds is 12. The summed E-state index contributed by atoms with van der Waals surface area (Å²) in [6.45, 7) is 4.53. The molecule has 2 aromatic carbocycles. The molecular weight excluding hydrogens is 873 g/mol. The molecule has 0 radical (unpaired) electrons. The number of aromatic amines is 1. The lowest BCUT2D eigenvalue weighted by atomic mass is 9.49. The number of phenolic OH excluding ortho intramolecular Hbond substituents is 1. The van der Waals surface area contributed by atoms with Crippen LogP contribution in [0.25, 0.3) is 0 Å². The number of nitrogens with one attached hydrogen (secondary N) is 2. The van der Waals surface area contributed by atoms with Crippen molar-refractivity contribution in [3.63, 3.8) is 0 Å². The van der Waals surface area contributed by atoms with Crippen molar-refractivity contribution in [1.82, 2.24) is 10.3 Å². The average Bonchev–Trinajstić information content (AvgIpc) is 4.14. The normalized spacial score (nSPS) is 35.2. The second-order valence-electron chi connectivity index (χ2n) is 22.6. The molecule has 378 valence electrons. The van der Waals surface area contributed by atoms with Crippen LogP contribution in [-0.4, -0.2) is 99.1 Å². The Morgan fingerprint density at radius 2 is 1.74 bits per heavy atom. The van der Waals surface area contributed by atoms with Crippen molar-refractivity contribution in [3.8, 4) is 23.0 Å². The molecule has 1 saturated heterocycles. The number of ether oxygens (including phenoxy) is 4. The number of aromatic hydroxyl groups is 2. The second-order valence-corrected chi connectivity index (χ2v) is 22.6. The van der Waals surface area contributed by atoms with E-state index in [1.54, 1.807) is 0 Å². The minimum Gasteiger partial charge on any atom is -0.504 e. The van der Waals surface area contributed by atoms with E-state index in [1.807, 2.05) is 25.4 Å². The number of aliphatic hydroxyl groups is 4. The highest BCUT2D eigenvalue weighted by atomic mass is 16.5. The highest BCUT2D eigenvalue weighted by Gasteiger charge is 2.57. The molecule has 13 unspecified atom stereocenters. The molecule has 69 heavy (non-hydrogen) atoms. The largest absolute Gasteiger partial charge is 0.504 e. The van der Waals surface area contributed by atoms with Gasteiger partial charge in [-0.1, -0.05) is 37.1 Å². The number of H-pyrrole nitrogens is 1. The van der Waals surface area contributed by atoms with Crippen LogP contribution in [0.1, 0.15) is 167 Å². The monoisotopic (exact) mass is 953 g/mol. The zero-order chi connectivity index (χ0) is 47.9. The molecule has 0 amide bonds. The van der Waals surface area contributed by atoms with Gasteiger partial charge in [-0.05, 0) is 179 Å². The number of allylic oxidation sites excluding steroid dienone is 1. The van der Waals surface area contributed by atoms with Crippen LogP contribution in [0.2, 0.25) is 0 Å². The number of phenols is 2. The van der Waals surface area contributed by atoms with E-state index in [-0.39, 0.29) is 58.8 Å². The smallest absolute Gasteiger partial charge is 0.201 e. The van der Waals surface area contributed by atoms with Gasteiger partial charge in [-0.25, -0.2) is 0 Å². The van der Waals surface area contributed by atoms with Gasteiger partial charge in [0.1, 0.15) is 5.75 Å². The zero-order valence-corrected chi connectivity index (χ0v) is 41.1. The van der Waals surface area contributed by atoms with Crippen molar-refractivity contribution in [2.45, 2.75) is 177 Å². The summed E-state index contributed by atoms with van der Waals surface area (Å²) in [7, 11) is 1.46. The molecule has 10 rings (SSSR count). The average molecular weight is 953 g/mol. The molecule has 4 saturated carbocycles. The van der Waals surface area contributed by atoms with Gasteiger partial charge in [0, 0.05) is 61.5 Å². The minimum absolute atomic E-state index is 0.00208. The molecule has 13 atom stereocenters. The van der Waals surface area contributed by atoms with E-state index in [4.69, 9.17) is 18.9 Å². The molecule has 8 N–H and O–H groups in total. The van der Waals surface area contributed by atoms with Gasteiger partial charge < -0.3 is 59.9 Å². The summed E-state index contributed by atoms with van der Waals surface area (Å²) >= 11 is 0.